The molecule has 1 aliphatic rings. The van der Waals surface area contributed by atoms with Crippen LogP contribution in [-0.2, 0) is 20.9 Å². The number of hydrogen-bond acceptors (Lipinski definition) is 10. The molecule has 2 aromatic heterocycles. The Morgan fingerprint density at radius 3 is 2.55 bits per heavy atom. The van der Waals surface area contributed by atoms with Crippen LogP contribution in [0.1, 0.15) is 5.69 Å². The van der Waals surface area contributed by atoms with Gasteiger partial charge in [0.05, 0.1) is 41.3 Å². The lowest BCUT2D eigenvalue weighted by molar-refractivity contribution is -0.192. The molecule has 0 saturated carbocycles. The molecule has 250 valence electrons. The second kappa shape index (κ2) is 16.2. The van der Waals surface area contributed by atoms with Gasteiger partial charge in [-0.1, -0.05) is 23.7 Å². The third-order valence-electron chi connectivity index (χ3n) is 6.53. The lowest BCUT2D eigenvalue weighted by Crippen LogP contribution is -2.49. The second-order valence-electron chi connectivity index (χ2n) is 10.4. The first-order chi connectivity index (χ1) is 22.4. The molecule has 12 nitrogen and oxygen atoms in total. The van der Waals surface area contributed by atoms with Crippen LogP contribution >= 0.6 is 11.6 Å². The van der Waals surface area contributed by atoms with Gasteiger partial charge >= 0.3 is 12.1 Å². The molecule has 1 saturated heterocycles. The van der Waals surface area contributed by atoms with Crippen LogP contribution in [0.15, 0.2) is 67.1 Å². The topological polar surface area (TPSA) is 139 Å². The van der Waals surface area contributed by atoms with Gasteiger partial charge in [0, 0.05) is 18.4 Å². The van der Waals surface area contributed by atoms with Crippen molar-refractivity contribution < 1.29 is 42.1 Å². The quantitative estimate of drug-likeness (QED) is 0.239. The number of alkyl halides is 3. The largest absolute Gasteiger partial charge is 0.490 e. The molecule has 1 aliphatic heterocycles. The molecule has 2 N–H and O–H groups in total. The molecule has 1 amide bonds. The van der Waals surface area contributed by atoms with Gasteiger partial charge < -0.3 is 34.4 Å². The highest BCUT2D eigenvalue weighted by Crippen LogP contribution is 2.34. The molecule has 5 rings (SSSR count). The summed E-state index contributed by atoms with van der Waals surface area (Å²) in [5.41, 5.74) is 2.27. The van der Waals surface area contributed by atoms with Crippen LogP contribution in [0.2, 0.25) is 5.02 Å². The van der Waals surface area contributed by atoms with E-state index >= 15 is 0 Å². The Morgan fingerprint density at radius 2 is 1.87 bits per heavy atom. The number of amides is 1. The summed E-state index contributed by atoms with van der Waals surface area (Å²) in [7, 11) is 3.76. The van der Waals surface area contributed by atoms with Crippen molar-refractivity contribution in [2.75, 3.05) is 52.3 Å². The van der Waals surface area contributed by atoms with Gasteiger partial charge in [-0.05, 0) is 56.6 Å². The molecule has 16 heteroatoms. The average Bonchev–Trinajstić information content (AvgIpc) is 3.03. The Hall–Kier alpha value is -4.73. The number of hydrogen-bond donors (Lipinski definition) is 2. The smallest absolute Gasteiger partial charge is 0.490 e. The molecule has 0 radical (unpaired) electrons. The average molecular weight is 677 g/mol. The maximum atomic E-state index is 12.5. The van der Waals surface area contributed by atoms with Crippen molar-refractivity contribution in [1.29, 1.82) is 0 Å². The number of nitrogens with zero attached hydrogens (tertiary/aromatic N) is 5. The van der Waals surface area contributed by atoms with Crippen molar-refractivity contribution in [1.82, 2.24) is 24.8 Å². The van der Waals surface area contributed by atoms with Gasteiger partial charge in [-0.3, -0.25) is 9.78 Å². The van der Waals surface area contributed by atoms with Gasteiger partial charge in [-0.2, -0.15) is 13.2 Å². The summed E-state index contributed by atoms with van der Waals surface area (Å²) in [6, 6.07) is 16.8. The molecule has 3 heterocycles. The number of rotatable bonds is 10. The fraction of sp³-hybridized carbons (Fsp3) is 0.323. The number of carboxylic acids is 1. The minimum absolute atomic E-state index is 0.0789. The highest BCUT2D eigenvalue weighted by molar-refractivity contribution is 6.32. The number of pyridine rings is 1. The van der Waals surface area contributed by atoms with Crippen molar-refractivity contribution in [3.8, 4) is 11.5 Å². The predicted molar refractivity (Wildman–Crippen MR) is 167 cm³/mol. The Bertz CT molecular complexity index is 1660. The summed E-state index contributed by atoms with van der Waals surface area (Å²) >= 11 is 6.52. The number of carboxylic acid groups (broad SMARTS) is 1. The zero-order valence-electron chi connectivity index (χ0n) is 25.4. The Morgan fingerprint density at radius 1 is 1.09 bits per heavy atom. The van der Waals surface area contributed by atoms with E-state index in [1.807, 2.05) is 66.4 Å². The zero-order chi connectivity index (χ0) is 34.0. The molecule has 1 atom stereocenters. The van der Waals surface area contributed by atoms with E-state index in [9.17, 15) is 18.0 Å². The summed E-state index contributed by atoms with van der Waals surface area (Å²) in [6.07, 6.45) is -2.10. The molecule has 0 aliphatic carbocycles. The first-order valence-corrected chi connectivity index (χ1v) is 14.6. The highest BCUT2D eigenvalue weighted by Gasteiger charge is 2.38. The summed E-state index contributed by atoms with van der Waals surface area (Å²) in [5.74, 6) is -0.934. The number of benzene rings is 2. The van der Waals surface area contributed by atoms with E-state index in [1.165, 1.54) is 6.33 Å². The van der Waals surface area contributed by atoms with E-state index in [-0.39, 0.29) is 18.6 Å². The van der Waals surface area contributed by atoms with Gasteiger partial charge in [0.15, 0.2) is 0 Å². The second-order valence-corrected chi connectivity index (χ2v) is 10.8. The summed E-state index contributed by atoms with van der Waals surface area (Å²) in [5, 5.41) is 11.6. The first-order valence-electron chi connectivity index (χ1n) is 14.2. The first kappa shape index (κ1) is 35.1. The maximum Gasteiger partial charge on any atom is 0.490 e. The number of aliphatic carboxylic acids is 1. The van der Waals surface area contributed by atoms with E-state index < -0.39 is 12.1 Å². The van der Waals surface area contributed by atoms with Crippen LogP contribution in [0.25, 0.3) is 10.9 Å². The van der Waals surface area contributed by atoms with E-state index in [0.29, 0.717) is 55.2 Å². The van der Waals surface area contributed by atoms with Crippen molar-refractivity contribution >= 4 is 45.9 Å². The fourth-order valence-corrected chi connectivity index (χ4v) is 4.60. The van der Waals surface area contributed by atoms with Crippen LogP contribution < -0.4 is 14.8 Å². The van der Waals surface area contributed by atoms with E-state index in [1.54, 1.807) is 18.3 Å². The number of halogens is 4. The molecule has 0 bridgehead atoms. The number of carbonyl (C=O) groups excluding carboxylic acids is 1. The van der Waals surface area contributed by atoms with Crippen molar-refractivity contribution in [3.05, 3.63) is 77.8 Å². The number of anilines is 2. The fourth-order valence-electron chi connectivity index (χ4n) is 4.36. The van der Waals surface area contributed by atoms with Crippen LogP contribution in [0.4, 0.5) is 24.7 Å². The normalized spacial score (nSPS) is 14.7. The Labute approximate surface area is 273 Å². The number of ether oxygens (including phenoxy) is 3. The lowest BCUT2D eigenvalue weighted by Gasteiger charge is -2.33. The number of nitrogens with one attached hydrogen (secondary N) is 1. The van der Waals surface area contributed by atoms with Crippen molar-refractivity contribution in [2.45, 2.75) is 18.9 Å². The minimum atomic E-state index is -5.08. The zero-order valence-corrected chi connectivity index (χ0v) is 26.2. The number of aromatic nitrogens is 3. The van der Waals surface area contributed by atoms with Crippen LogP contribution in [0.5, 0.6) is 11.5 Å². The number of morpholine rings is 1. The third-order valence-corrected chi connectivity index (χ3v) is 6.83. The molecule has 4 aromatic rings. The summed E-state index contributed by atoms with van der Waals surface area (Å²) < 4.78 is 49.7. The molecule has 1 fully saturated rings. The van der Waals surface area contributed by atoms with Gasteiger partial charge in [0.2, 0.25) is 5.91 Å². The molecule has 47 heavy (non-hydrogen) atoms. The minimum Gasteiger partial charge on any atom is -0.490 e. The van der Waals surface area contributed by atoms with Gasteiger partial charge in [-0.25, -0.2) is 14.8 Å². The molecule has 0 unspecified atom stereocenters. The standard InChI is InChI=1S/C29H31ClN6O4.C2HF3O2/c1-35(2)16-27(37)36-12-13-38-22(15-36)18-40-26-8-5-7-24-28(26)29(33-19-32-24)34-20-9-10-25(23(30)14-20)39-17-21-6-3-4-11-31-21;3-2(4,5)1(6)7/h3-11,14,19,22H,12-13,15-18H2,1-2H3,(H,32,33,34);(H,6,7)/t22-;/m0./s1. The van der Waals surface area contributed by atoms with Gasteiger partial charge in [0.1, 0.15) is 43.0 Å². The SMILES string of the molecule is CN(C)CC(=O)N1CCO[C@H](COc2cccc3ncnc(Nc4ccc(OCc5ccccn5)c(Cl)c4)c23)C1.O=C(O)C(F)(F)F. The predicted octanol–water partition coefficient (Wildman–Crippen LogP) is 4.80. The van der Waals surface area contributed by atoms with Crippen LogP contribution in [-0.4, -0.2) is 101 Å². The third kappa shape index (κ3) is 10.4. The lowest BCUT2D eigenvalue weighted by atomic mass is 10.2. The van der Waals surface area contributed by atoms with Crippen molar-refractivity contribution in [2.24, 2.45) is 0 Å². The Balaban J connectivity index is 0.000000644. The number of likely N-dealkylation sites (N-methyl/N-ethyl adjacent to an activating group) is 1. The Kier molecular flexibility index (Phi) is 12.1. The van der Waals surface area contributed by atoms with Crippen molar-refractivity contribution in [3.63, 3.8) is 0 Å². The summed E-state index contributed by atoms with van der Waals surface area (Å²) in [4.78, 5) is 38.3. The number of fused-ring (bicyclic) bond motifs is 1. The molecule has 2 aromatic carbocycles. The highest BCUT2D eigenvalue weighted by atomic mass is 35.5. The van der Waals surface area contributed by atoms with E-state index in [0.717, 1.165) is 22.3 Å². The van der Waals surface area contributed by atoms with Gasteiger partial charge in [0.25, 0.3) is 0 Å². The van der Waals surface area contributed by atoms with Gasteiger partial charge in [-0.15, -0.1) is 0 Å². The van der Waals surface area contributed by atoms with Crippen LogP contribution in [0.3, 0.4) is 0 Å². The molecular weight excluding hydrogens is 645 g/mol. The number of carbonyl (C=O) groups is 2. The maximum absolute atomic E-state index is 12.5. The van der Waals surface area contributed by atoms with Crippen LogP contribution in [0, 0.1) is 0 Å². The van der Waals surface area contributed by atoms with E-state index in [2.05, 4.69) is 20.3 Å². The monoisotopic (exact) mass is 676 g/mol. The summed E-state index contributed by atoms with van der Waals surface area (Å²) in [6.45, 7) is 2.50. The molecular formula is C31H32ClF3N6O6. The van der Waals surface area contributed by atoms with E-state index in [4.69, 9.17) is 35.7 Å². The molecule has 0 spiro atoms.